The summed E-state index contributed by atoms with van der Waals surface area (Å²) in [6, 6.07) is 16.5. The summed E-state index contributed by atoms with van der Waals surface area (Å²) in [5, 5.41) is 15.4. The van der Waals surface area contributed by atoms with Crippen LogP contribution in [0.15, 0.2) is 48.5 Å². The fourth-order valence-electron chi connectivity index (χ4n) is 4.14. The predicted octanol–water partition coefficient (Wildman–Crippen LogP) is 1.78. The van der Waals surface area contributed by atoms with E-state index in [9.17, 15) is 4.79 Å². The molecule has 0 spiro atoms. The largest absolute Gasteiger partial charge is 0.350 e. The van der Waals surface area contributed by atoms with Crippen LogP contribution >= 0.6 is 0 Å². The van der Waals surface area contributed by atoms with Crippen LogP contribution in [0.25, 0.3) is 11.4 Å². The molecule has 1 aliphatic heterocycles. The molecule has 1 aliphatic rings. The van der Waals surface area contributed by atoms with E-state index >= 15 is 0 Å². The van der Waals surface area contributed by atoms with Crippen LogP contribution in [0.3, 0.4) is 0 Å². The molecule has 0 aliphatic carbocycles. The minimum absolute atomic E-state index is 0.0491. The zero-order valence-corrected chi connectivity index (χ0v) is 18.3. The molecule has 0 saturated carbocycles. The van der Waals surface area contributed by atoms with E-state index in [1.807, 2.05) is 43.3 Å². The number of carbonyl (C=O) groups excluding carboxylic acids is 1. The summed E-state index contributed by atoms with van der Waals surface area (Å²) in [6.07, 6.45) is 2.67. The van der Waals surface area contributed by atoms with Gasteiger partial charge in [-0.3, -0.25) is 4.79 Å². The van der Waals surface area contributed by atoms with Crippen molar-refractivity contribution in [3.63, 3.8) is 0 Å². The van der Waals surface area contributed by atoms with Gasteiger partial charge in [0.15, 0.2) is 0 Å². The minimum atomic E-state index is -0.140. The summed E-state index contributed by atoms with van der Waals surface area (Å²) >= 11 is 0. The van der Waals surface area contributed by atoms with Crippen molar-refractivity contribution in [2.24, 2.45) is 5.92 Å². The molecule has 4 rings (SSSR count). The topological polar surface area (TPSA) is 77.1 Å². The monoisotopic (exact) mass is 419 g/mol. The van der Waals surface area contributed by atoms with Gasteiger partial charge in [0.1, 0.15) is 13.1 Å². The van der Waals surface area contributed by atoms with Crippen LogP contribution in [0.5, 0.6) is 0 Å². The number of quaternary nitrogens is 1. The molecular weight excluding hydrogens is 388 g/mol. The maximum absolute atomic E-state index is 12.2. The molecule has 7 heteroatoms. The number of benzene rings is 2. The van der Waals surface area contributed by atoms with Crippen molar-refractivity contribution in [1.29, 1.82) is 0 Å². The Morgan fingerprint density at radius 1 is 1.13 bits per heavy atom. The highest BCUT2D eigenvalue weighted by molar-refractivity contribution is 5.75. The zero-order chi connectivity index (χ0) is 21.6. The number of tetrazole rings is 1. The first-order valence-electron chi connectivity index (χ1n) is 11.1. The molecule has 1 fully saturated rings. The Bertz CT molecular complexity index is 996. The standard InChI is InChI=1S/C24H30N6O/c1-18-5-7-20(8-6-18)14-25-23(31)17-30-27-24(26-28-30)22-11-9-21(10-12-22)16-29-13-3-4-19(2)15-29/h5-12,19H,3-4,13-17H2,1-2H3,(H,25,31)/p+1/t19-/m1/s1. The van der Waals surface area contributed by atoms with Crippen LogP contribution < -0.4 is 10.2 Å². The van der Waals surface area contributed by atoms with Crippen molar-refractivity contribution in [3.05, 3.63) is 65.2 Å². The van der Waals surface area contributed by atoms with E-state index in [1.54, 1.807) is 4.90 Å². The van der Waals surface area contributed by atoms with Crippen molar-refractivity contribution in [2.75, 3.05) is 13.1 Å². The summed E-state index contributed by atoms with van der Waals surface area (Å²) < 4.78 is 0. The van der Waals surface area contributed by atoms with Gasteiger partial charge in [-0.05, 0) is 30.5 Å². The predicted molar refractivity (Wildman–Crippen MR) is 119 cm³/mol. The summed E-state index contributed by atoms with van der Waals surface area (Å²) in [5.74, 6) is 1.21. The number of hydrogen-bond donors (Lipinski definition) is 2. The Kier molecular flexibility index (Phi) is 6.72. The van der Waals surface area contributed by atoms with Gasteiger partial charge in [0.05, 0.1) is 13.1 Å². The lowest BCUT2D eigenvalue weighted by Crippen LogP contribution is -3.12. The van der Waals surface area contributed by atoms with Gasteiger partial charge in [-0.2, -0.15) is 4.80 Å². The SMILES string of the molecule is Cc1ccc(CNC(=O)Cn2nnc(-c3ccc(C[NH+]4CCC[C@@H](C)C4)cc3)n2)cc1. The molecule has 162 valence electrons. The number of rotatable bonds is 7. The quantitative estimate of drug-likeness (QED) is 0.612. The van der Waals surface area contributed by atoms with Gasteiger partial charge in [-0.1, -0.05) is 61.0 Å². The Labute approximate surface area is 183 Å². The van der Waals surface area contributed by atoms with Crippen LogP contribution in [0.1, 0.15) is 36.5 Å². The number of carbonyl (C=O) groups is 1. The number of amides is 1. The second-order valence-electron chi connectivity index (χ2n) is 8.73. The highest BCUT2D eigenvalue weighted by Gasteiger charge is 2.19. The van der Waals surface area contributed by atoms with Gasteiger partial charge in [0, 0.05) is 23.6 Å². The number of hydrogen-bond acceptors (Lipinski definition) is 4. The molecule has 0 bridgehead atoms. The fraction of sp³-hybridized carbons (Fsp3) is 0.417. The first kappa shape index (κ1) is 21.2. The van der Waals surface area contributed by atoms with E-state index in [0.717, 1.165) is 23.6 Å². The Morgan fingerprint density at radius 2 is 1.87 bits per heavy atom. The molecule has 0 radical (unpaired) electrons. The van der Waals surface area contributed by atoms with Gasteiger partial charge in [-0.15, -0.1) is 10.2 Å². The van der Waals surface area contributed by atoms with Gasteiger partial charge < -0.3 is 10.2 Å². The number of piperidine rings is 1. The van der Waals surface area contributed by atoms with E-state index in [1.165, 1.54) is 41.9 Å². The number of nitrogens with one attached hydrogen (secondary N) is 2. The van der Waals surface area contributed by atoms with Crippen molar-refractivity contribution < 1.29 is 9.69 Å². The summed E-state index contributed by atoms with van der Waals surface area (Å²) in [5.41, 5.74) is 4.50. The Morgan fingerprint density at radius 3 is 2.61 bits per heavy atom. The van der Waals surface area contributed by atoms with Gasteiger partial charge >= 0.3 is 0 Å². The maximum atomic E-state index is 12.2. The van der Waals surface area contributed by atoms with Crippen LogP contribution in [-0.4, -0.2) is 39.2 Å². The molecule has 1 amide bonds. The van der Waals surface area contributed by atoms with Gasteiger partial charge in [-0.25, -0.2) is 0 Å². The lowest BCUT2D eigenvalue weighted by atomic mass is 9.99. The van der Waals surface area contributed by atoms with E-state index in [4.69, 9.17) is 0 Å². The maximum Gasteiger partial charge on any atom is 0.243 e. The second kappa shape index (κ2) is 9.83. The number of aryl methyl sites for hydroxylation is 1. The number of aromatic nitrogens is 4. The third-order valence-electron chi connectivity index (χ3n) is 5.88. The summed E-state index contributed by atoms with van der Waals surface area (Å²) in [7, 11) is 0. The lowest BCUT2D eigenvalue weighted by molar-refractivity contribution is -0.922. The zero-order valence-electron chi connectivity index (χ0n) is 18.3. The van der Waals surface area contributed by atoms with Crippen LogP contribution in [0.2, 0.25) is 0 Å². The smallest absolute Gasteiger partial charge is 0.243 e. The molecule has 1 saturated heterocycles. The van der Waals surface area contributed by atoms with E-state index in [2.05, 4.69) is 39.8 Å². The Balaban J connectivity index is 1.29. The van der Waals surface area contributed by atoms with Gasteiger partial charge in [0.25, 0.3) is 0 Å². The average molecular weight is 420 g/mol. The first-order valence-corrected chi connectivity index (χ1v) is 11.1. The summed E-state index contributed by atoms with van der Waals surface area (Å²) in [6.45, 7) is 8.50. The molecular formula is C24H31N6O+. The van der Waals surface area contributed by atoms with Crippen LogP contribution in [-0.2, 0) is 24.4 Å². The second-order valence-corrected chi connectivity index (χ2v) is 8.73. The molecule has 2 atom stereocenters. The molecule has 1 unspecified atom stereocenters. The van der Waals surface area contributed by atoms with E-state index in [0.29, 0.717) is 12.4 Å². The van der Waals surface area contributed by atoms with Crippen molar-refractivity contribution in [1.82, 2.24) is 25.5 Å². The molecule has 2 aromatic carbocycles. The highest BCUT2D eigenvalue weighted by Crippen LogP contribution is 2.14. The Hall–Kier alpha value is -3.06. The van der Waals surface area contributed by atoms with Crippen LogP contribution in [0.4, 0.5) is 0 Å². The molecule has 2 heterocycles. The number of likely N-dealkylation sites (tertiary alicyclic amines) is 1. The normalized spacial score (nSPS) is 18.6. The molecule has 2 N–H and O–H groups in total. The van der Waals surface area contributed by atoms with Crippen molar-refractivity contribution in [2.45, 2.75) is 46.3 Å². The van der Waals surface area contributed by atoms with E-state index < -0.39 is 0 Å². The highest BCUT2D eigenvalue weighted by atomic mass is 16.2. The number of nitrogens with zero attached hydrogens (tertiary/aromatic N) is 4. The molecule has 31 heavy (non-hydrogen) atoms. The van der Waals surface area contributed by atoms with Crippen LogP contribution in [0, 0.1) is 12.8 Å². The first-order chi connectivity index (χ1) is 15.0. The van der Waals surface area contributed by atoms with Crippen molar-refractivity contribution in [3.8, 4) is 11.4 Å². The molecule has 1 aromatic heterocycles. The van der Waals surface area contributed by atoms with E-state index in [-0.39, 0.29) is 12.5 Å². The minimum Gasteiger partial charge on any atom is -0.350 e. The average Bonchev–Trinajstić information content (AvgIpc) is 3.22. The molecule has 7 nitrogen and oxygen atoms in total. The third-order valence-corrected chi connectivity index (χ3v) is 5.88. The fourth-order valence-corrected chi connectivity index (χ4v) is 4.14. The van der Waals surface area contributed by atoms with Gasteiger partial charge in [0.2, 0.25) is 11.7 Å². The lowest BCUT2D eigenvalue weighted by Gasteiger charge is -2.27. The van der Waals surface area contributed by atoms with Crippen molar-refractivity contribution >= 4 is 5.91 Å². The molecule has 3 aromatic rings. The summed E-state index contributed by atoms with van der Waals surface area (Å²) in [4.78, 5) is 15.2. The third kappa shape index (κ3) is 5.98.